The minimum atomic E-state index is -0.0555. The number of rotatable bonds is 4. The summed E-state index contributed by atoms with van der Waals surface area (Å²) in [7, 11) is 0. The fraction of sp³-hybridized carbons (Fsp3) is 0.500. The number of oxime groups is 1. The standard InChI is InChI=1S/C16H20N2O3/c19-16(17-12-3-1-2-4-12)10-21-13-6-7-14-11(9-13)5-8-15(14)18-20/h6-7,9,12,20H,1-5,8,10H2,(H,17,19)/b18-15-. The van der Waals surface area contributed by atoms with Crippen LogP contribution in [0.4, 0.5) is 0 Å². The smallest absolute Gasteiger partial charge is 0.258 e. The van der Waals surface area contributed by atoms with Crippen molar-refractivity contribution in [3.63, 3.8) is 0 Å². The third-order valence-electron chi connectivity index (χ3n) is 4.23. The molecule has 2 aliphatic rings. The molecular weight excluding hydrogens is 268 g/mol. The number of amides is 1. The van der Waals surface area contributed by atoms with E-state index in [2.05, 4.69) is 10.5 Å². The summed E-state index contributed by atoms with van der Waals surface area (Å²) in [4.78, 5) is 11.8. The molecule has 0 saturated heterocycles. The summed E-state index contributed by atoms with van der Waals surface area (Å²) < 4.78 is 5.56. The Bertz CT molecular complexity index is 563. The van der Waals surface area contributed by atoms with Gasteiger partial charge in [-0.2, -0.15) is 0 Å². The minimum absolute atomic E-state index is 0.0518. The van der Waals surface area contributed by atoms with Gasteiger partial charge in [-0.1, -0.05) is 18.0 Å². The molecule has 0 radical (unpaired) electrons. The lowest BCUT2D eigenvalue weighted by atomic mass is 10.1. The van der Waals surface area contributed by atoms with Crippen molar-refractivity contribution < 1.29 is 14.7 Å². The molecule has 1 saturated carbocycles. The number of carbonyl (C=O) groups excluding carboxylic acids is 1. The van der Waals surface area contributed by atoms with Gasteiger partial charge in [0.25, 0.3) is 5.91 Å². The predicted molar refractivity (Wildman–Crippen MR) is 79.0 cm³/mol. The van der Waals surface area contributed by atoms with E-state index in [1.54, 1.807) is 0 Å². The van der Waals surface area contributed by atoms with Crippen LogP contribution < -0.4 is 10.1 Å². The van der Waals surface area contributed by atoms with Crippen LogP contribution in [0.25, 0.3) is 0 Å². The number of hydrogen-bond acceptors (Lipinski definition) is 4. The van der Waals surface area contributed by atoms with Crippen LogP contribution in [0.15, 0.2) is 23.4 Å². The van der Waals surface area contributed by atoms with Gasteiger partial charge in [0.15, 0.2) is 6.61 Å². The molecular formula is C16H20N2O3. The molecule has 0 atom stereocenters. The number of benzene rings is 1. The quantitative estimate of drug-likeness (QED) is 0.659. The van der Waals surface area contributed by atoms with Crippen LogP contribution in [0, 0.1) is 0 Å². The van der Waals surface area contributed by atoms with Crippen LogP contribution in [0.1, 0.15) is 43.2 Å². The average molecular weight is 288 g/mol. The van der Waals surface area contributed by atoms with Gasteiger partial charge < -0.3 is 15.3 Å². The van der Waals surface area contributed by atoms with Gasteiger partial charge in [-0.05, 0) is 49.4 Å². The Labute approximate surface area is 124 Å². The molecule has 2 aliphatic carbocycles. The summed E-state index contributed by atoms with van der Waals surface area (Å²) in [5.74, 6) is 0.634. The monoisotopic (exact) mass is 288 g/mol. The van der Waals surface area contributed by atoms with E-state index in [0.717, 1.165) is 42.5 Å². The largest absolute Gasteiger partial charge is 0.484 e. The predicted octanol–water partition coefficient (Wildman–Crippen LogP) is 2.25. The second-order valence-electron chi connectivity index (χ2n) is 5.70. The van der Waals surface area contributed by atoms with Crippen LogP contribution >= 0.6 is 0 Å². The van der Waals surface area contributed by atoms with Crippen molar-refractivity contribution in [3.05, 3.63) is 29.3 Å². The van der Waals surface area contributed by atoms with Gasteiger partial charge in [0.1, 0.15) is 5.75 Å². The lowest BCUT2D eigenvalue weighted by Crippen LogP contribution is -2.36. The highest BCUT2D eigenvalue weighted by Gasteiger charge is 2.20. The Hall–Kier alpha value is -2.04. The maximum Gasteiger partial charge on any atom is 0.258 e. The van der Waals surface area contributed by atoms with Crippen molar-refractivity contribution in [1.29, 1.82) is 0 Å². The lowest BCUT2D eigenvalue weighted by Gasteiger charge is -2.13. The highest BCUT2D eigenvalue weighted by atomic mass is 16.5. The molecule has 21 heavy (non-hydrogen) atoms. The highest BCUT2D eigenvalue weighted by molar-refractivity contribution is 6.04. The summed E-state index contributed by atoms with van der Waals surface area (Å²) in [5, 5.41) is 15.2. The number of ether oxygens (including phenoxy) is 1. The number of carbonyl (C=O) groups is 1. The topological polar surface area (TPSA) is 70.9 Å². The number of nitrogens with zero attached hydrogens (tertiary/aromatic N) is 1. The van der Waals surface area contributed by atoms with Gasteiger partial charge in [-0.25, -0.2) is 0 Å². The van der Waals surface area contributed by atoms with Gasteiger partial charge >= 0.3 is 0 Å². The Morgan fingerprint density at radius 1 is 1.33 bits per heavy atom. The summed E-state index contributed by atoms with van der Waals surface area (Å²) in [5.41, 5.74) is 2.80. The first-order valence-corrected chi connectivity index (χ1v) is 7.52. The molecule has 112 valence electrons. The van der Waals surface area contributed by atoms with E-state index >= 15 is 0 Å². The van der Waals surface area contributed by atoms with E-state index in [0.29, 0.717) is 11.8 Å². The minimum Gasteiger partial charge on any atom is -0.484 e. The Kier molecular flexibility index (Phi) is 4.08. The molecule has 1 fully saturated rings. The Morgan fingerprint density at radius 2 is 2.14 bits per heavy atom. The second kappa shape index (κ2) is 6.16. The first-order valence-electron chi connectivity index (χ1n) is 7.52. The molecule has 0 bridgehead atoms. The number of nitrogens with one attached hydrogen (secondary N) is 1. The van der Waals surface area contributed by atoms with Gasteiger partial charge in [0.05, 0.1) is 5.71 Å². The molecule has 0 unspecified atom stereocenters. The molecule has 0 spiro atoms. The zero-order valence-corrected chi connectivity index (χ0v) is 12.0. The van der Waals surface area contributed by atoms with Crippen molar-refractivity contribution in [2.24, 2.45) is 5.16 Å². The molecule has 1 amide bonds. The lowest BCUT2D eigenvalue weighted by molar-refractivity contribution is -0.123. The maximum absolute atomic E-state index is 11.8. The Balaban J connectivity index is 1.55. The van der Waals surface area contributed by atoms with Crippen LogP contribution in [0.3, 0.4) is 0 Å². The first kappa shape index (κ1) is 13.9. The van der Waals surface area contributed by atoms with Gasteiger partial charge in [-0.15, -0.1) is 0 Å². The van der Waals surface area contributed by atoms with Gasteiger partial charge in [0, 0.05) is 11.6 Å². The third kappa shape index (κ3) is 3.17. The van der Waals surface area contributed by atoms with Crippen LogP contribution in [0.2, 0.25) is 0 Å². The number of hydrogen-bond donors (Lipinski definition) is 2. The average Bonchev–Trinajstić information content (AvgIpc) is 3.13. The SMILES string of the molecule is O=C(COc1ccc2c(c1)CC/C2=N/O)NC1CCCC1. The molecule has 5 heteroatoms. The van der Waals surface area contributed by atoms with E-state index in [4.69, 9.17) is 9.94 Å². The third-order valence-corrected chi connectivity index (χ3v) is 4.23. The summed E-state index contributed by atoms with van der Waals surface area (Å²) in [6, 6.07) is 5.96. The van der Waals surface area contributed by atoms with Crippen molar-refractivity contribution in [1.82, 2.24) is 5.32 Å². The van der Waals surface area contributed by atoms with E-state index in [1.165, 1.54) is 12.8 Å². The molecule has 0 aliphatic heterocycles. The van der Waals surface area contributed by atoms with Crippen molar-refractivity contribution in [2.45, 2.75) is 44.6 Å². The second-order valence-corrected chi connectivity index (χ2v) is 5.70. The van der Waals surface area contributed by atoms with Crippen molar-refractivity contribution >= 4 is 11.6 Å². The van der Waals surface area contributed by atoms with Crippen molar-refractivity contribution in [3.8, 4) is 5.75 Å². The number of aryl methyl sites for hydroxylation is 1. The zero-order valence-electron chi connectivity index (χ0n) is 12.0. The van der Waals surface area contributed by atoms with Crippen molar-refractivity contribution in [2.75, 3.05) is 6.61 Å². The van der Waals surface area contributed by atoms with E-state index in [9.17, 15) is 4.79 Å². The van der Waals surface area contributed by atoms with Crippen LogP contribution in [-0.2, 0) is 11.2 Å². The molecule has 1 aromatic rings. The summed E-state index contributed by atoms with van der Waals surface area (Å²) in [6.07, 6.45) is 6.15. The summed E-state index contributed by atoms with van der Waals surface area (Å²) in [6.45, 7) is 0.0518. The molecule has 0 heterocycles. The maximum atomic E-state index is 11.8. The molecule has 3 rings (SSSR count). The molecule has 0 aromatic heterocycles. The fourth-order valence-electron chi connectivity index (χ4n) is 3.13. The van der Waals surface area contributed by atoms with Gasteiger partial charge in [0.2, 0.25) is 0 Å². The zero-order chi connectivity index (χ0) is 14.7. The van der Waals surface area contributed by atoms with Crippen LogP contribution in [-0.4, -0.2) is 29.5 Å². The van der Waals surface area contributed by atoms with E-state index < -0.39 is 0 Å². The summed E-state index contributed by atoms with van der Waals surface area (Å²) >= 11 is 0. The number of fused-ring (bicyclic) bond motifs is 1. The Morgan fingerprint density at radius 3 is 2.90 bits per heavy atom. The van der Waals surface area contributed by atoms with E-state index in [1.807, 2.05) is 18.2 Å². The molecule has 1 aromatic carbocycles. The highest BCUT2D eigenvalue weighted by Crippen LogP contribution is 2.26. The first-order chi connectivity index (χ1) is 10.3. The normalized spacial score (nSPS) is 19.7. The fourth-order valence-corrected chi connectivity index (χ4v) is 3.13. The van der Waals surface area contributed by atoms with Gasteiger partial charge in [-0.3, -0.25) is 4.79 Å². The van der Waals surface area contributed by atoms with Crippen LogP contribution in [0.5, 0.6) is 5.75 Å². The molecule has 2 N–H and O–H groups in total. The molecule has 5 nitrogen and oxygen atoms in total. The van der Waals surface area contributed by atoms with E-state index in [-0.39, 0.29) is 12.5 Å².